The Morgan fingerprint density at radius 3 is 1.88 bits per heavy atom. The molecule has 0 aliphatic heterocycles. The fourth-order valence-corrected chi connectivity index (χ4v) is 7.94. The summed E-state index contributed by atoms with van der Waals surface area (Å²) in [5.74, 6) is 0. The fourth-order valence-electron chi connectivity index (χ4n) is 7.94. The second-order valence-corrected chi connectivity index (χ2v) is 13.3. The molecule has 3 nitrogen and oxygen atoms in total. The first-order valence-corrected chi connectivity index (χ1v) is 17.6. The molecule has 0 bridgehead atoms. The van der Waals surface area contributed by atoms with E-state index >= 15 is 0 Å². The van der Waals surface area contributed by atoms with Crippen molar-refractivity contribution in [2.45, 2.75) is 12.5 Å². The van der Waals surface area contributed by atoms with Gasteiger partial charge in [0.25, 0.3) is 0 Å². The Bertz CT molecular complexity index is 2730. The summed E-state index contributed by atoms with van der Waals surface area (Å²) in [6.07, 6.45) is 7.89. The maximum absolute atomic E-state index is 6.22. The molecule has 0 saturated carbocycles. The molecule has 0 fully saturated rings. The third-order valence-electron chi connectivity index (χ3n) is 10.3. The second-order valence-electron chi connectivity index (χ2n) is 13.3. The summed E-state index contributed by atoms with van der Waals surface area (Å²) in [4.78, 5) is 2.47. The van der Waals surface area contributed by atoms with Crippen molar-refractivity contribution in [1.82, 2.24) is 4.57 Å². The second kappa shape index (κ2) is 12.1. The maximum atomic E-state index is 6.22. The monoisotopic (exact) mass is 654 g/mol. The van der Waals surface area contributed by atoms with Crippen molar-refractivity contribution >= 4 is 60.7 Å². The molecule has 0 spiro atoms. The Hall–Kier alpha value is -6.58. The summed E-state index contributed by atoms with van der Waals surface area (Å²) in [5, 5.41) is 4.80. The molecule has 51 heavy (non-hydrogen) atoms. The Morgan fingerprint density at radius 1 is 0.510 bits per heavy atom. The Labute approximate surface area is 296 Å². The fraction of sp³-hybridized carbons (Fsp3) is 0.0417. The highest BCUT2D eigenvalue weighted by Gasteiger charge is 2.23. The molecule has 1 aliphatic carbocycles. The third kappa shape index (κ3) is 4.97. The number of nitrogens with zero attached hydrogens (tertiary/aromatic N) is 2. The lowest BCUT2D eigenvalue weighted by atomic mass is 9.95. The summed E-state index contributed by atoms with van der Waals surface area (Å²) < 4.78 is 8.63. The summed E-state index contributed by atoms with van der Waals surface area (Å²) in [6, 6.07) is 61.0. The van der Waals surface area contributed by atoms with Crippen LogP contribution < -0.4 is 4.90 Å². The van der Waals surface area contributed by atoms with Crippen molar-refractivity contribution in [1.29, 1.82) is 0 Å². The average Bonchev–Trinajstić information content (AvgIpc) is 3.74. The number of allylic oxidation sites excluding steroid dienone is 2. The molecule has 9 aromatic rings. The van der Waals surface area contributed by atoms with E-state index in [0.717, 1.165) is 39.7 Å². The lowest BCUT2D eigenvalue weighted by Gasteiger charge is -2.33. The van der Waals surface area contributed by atoms with Crippen LogP contribution in [0.3, 0.4) is 0 Å². The molecule has 1 aliphatic rings. The molecule has 0 N–H and O–H groups in total. The molecule has 2 heterocycles. The maximum Gasteiger partial charge on any atom is 0.135 e. The van der Waals surface area contributed by atoms with E-state index in [1.807, 2.05) is 12.1 Å². The van der Waals surface area contributed by atoms with E-state index in [1.54, 1.807) is 0 Å². The number of hydrogen-bond donors (Lipinski definition) is 0. The van der Waals surface area contributed by atoms with Crippen molar-refractivity contribution in [3.63, 3.8) is 0 Å². The van der Waals surface area contributed by atoms with Gasteiger partial charge in [-0.2, -0.15) is 0 Å². The van der Waals surface area contributed by atoms with Crippen LogP contribution in [0.25, 0.3) is 66.1 Å². The minimum absolute atomic E-state index is 0.142. The molecule has 10 rings (SSSR count). The Morgan fingerprint density at radius 2 is 1.14 bits per heavy atom. The summed E-state index contributed by atoms with van der Waals surface area (Å²) >= 11 is 0. The van der Waals surface area contributed by atoms with Crippen molar-refractivity contribution in [2.24, 2.45) is 0 Å². The van der Waals surface area contributed by atoms with Crippen molar-refractivity contribution < 1.29 is 4.42 Å². The molecular weight excluding hydrogens is 621 g/mol. The molecule has 0 amide bonds. The van der Waals surface area contributed by atoms with Crippen molar-refractivity contribution in [2.75, 3.05) is 4.90 Å². The van der Waals surface area contributed by atoms with Crippen LogP contribution in [0, 0.1) is 0 Å². The summed E-state index contributed by atoms with van der Waals surface area (Å²) in [7, 11) is 0. The molecular formula is C48H34N2O. The van der Waals surface area contributed by atoms with Gasteiger partial charge in [0.2, 0.25) is 0 Å². The lowest BCUT2D eigenvalue weighted by Crippen LogP contribution is -2.30. The van der Waals surface area contributed by atoms with Crippen LogP contribution in [0.15, 0.2) is 193 Å². The Kier molecular flexibility index (Phi) is 6.95. The van der Waals surface area contributed by atoms with E-state index in [1.165, 1.54) is 49.8 Å². The quantitative estimate of drug-likeness (QED) is 0.178. The van der Waals surface area contributed by atoms with E-state index in [2.05, 4.69) is 185 Å². The first-order valence-electron chi connectivity index (χ1n) is 17.6. The minimum atomic E-state index is 0.142. The van der Waals surface area contributed by atoms with Gasteiger partial charge in [-0.15, -0.1) is 0 Å². The van der Waals surface area contributed by atoms with Gasteiger partial charge in [-0.05, 0) is 77.7 Å². The molecule has 0 saturated heterocycles. The lowest BCUT2D eigenvalue weighted by molar-refractivity contribution is 0.669. The number of rotatable bonds is 6. The zero-order valence-corrected chi connectivity index (χ0v) is 28.0. The van der Waals surface area contributed by atoms with E-state index < -0.39 is 0 Å². The van der Waals surface area contributed by atoms with Crippen LogP contribution >= 0.6 is 0 Å². The number of aromatic nitrogens is 1. The van der Waals surface area contributed by atoms with Gasteiger partial charge in [0.1, 0.15) is 11.2 Å². The van der Waals surface area contributed by atoms with Gasteiger partial charge < -0.3 is 13.9 Å². The van der Waals surface area contributed by atoms with Crippen LogP contribution in [0.4, 0.5) is 11.4 Å². The normalized spacial score (nSPS) is 14.4. The minimum Gasteiger partial charge on any atom is -0.456 e. The predicted molar refractivity (Wildman–Crippen MR) is 214 cm³/mol. The van der Waals surface area contributed by atoms with Gasteiger partial charge in [0.05, 0.1) is 22.8 Å². The van der Waals surface area contributed by atoms with Gasteiger partial charge in [-0.3, -0.25) is 0 Å². The number of para-hydroxylation sites is 4. The largest absolute Gasteiger partial charge is 0.456 e. The highest BCUT2D eigenvalue weighted by Crippen LogP contribution is 2.40. The van der Waals surface area contributed by atoms with E-state index in [0.29, 0.717) is 0 Å². The predicted octanol–water partition coefficient (Wildman–Crippen LogP) is 12.9. The van der Waals surface area contributed by atoms with Crippen LogP contribution in [-0.4, -0.2) is 10.6 Å². The van der Waals surface area contributed by atoms with Crippen LogP contribution in [0.1, 0.15) is 12.0 Å². The van der Waals surface area contributed by atoms with E-state index in [4.69, 9.17) is 4.42 Å². The smallest absolute Gasteiger partial charge is 0.135 e. The molecule has 2 aromatic heterocycles. The standard InChI is InChI=1S/C48H34N2O/c1-2-12-33(13-3-1)34-22-26-36(27-23-34)49(38-30-31-48-43(32-38)42-17-7-11-21-47(42)51-48)37-28-24-35(25-29-37)39-14-4-8-18-44(39)50-45-19-9-5-15-40(45)41-16-6-10-20-46(41)50/h1-26,28-32,36H,27H2. The zero-order chi connectivity index (χ0) is 33.7. The molecule has 7 aromatic carbocycles. The van der Waals surface area contributed by atoms with Gasteiger partial charge in [-0.1, -0.05) is 133 Å². The summed E-state index contributed by atoms with van der Waals surface area (Å²) in [5.41, 5.74) is 12.6. The van der Waals surface area contributed by atoms with Gasteiger partial charge in [-0.25, -0.2) is 0 Å². The third-order valence-corrected chi connectivity index (χ3v) is 10.3. The van der Waals surface area contributed by atoms with Crippen molar-refractivity contribution in [3.8, 4) is 16.8 Å². The van der Waals surface area contributed by atoms with Gasteiger partial charge in [0.15, 0.2) is 0 Å². The highest BCUT2D eigenvalue weighted by molar-refractivity contribution is 6.10. The number of furan rings is 1. The molecule has 0 radical (unpaired) electrons. The molecule has 242 valence electrons. The van der Waals surface area contributed by atoms with E-state index in [9.17, 15) is 0 Å². The van der Waals surface area contributed by atoms with E-state index in [-0.39, 0.29) is 6.04 Å². The van der Waals surface area contributed by atoms with Crippen LogP contribution in [0.5, 0.6) is 0 Å². The first kappa shape index (κ1) is 29.3. The number of benzene rings is 7. The topological polar surface area (TPSA) is 21.3 Å². The Balaban J connectivity index is 1.08. The van der Waals surface area contributed by atoms with Crippen LogP contribution in [0.2, 0.25) is 0 Å². The molecule has 1 unspecified atom stereocenters. The summed E-state index contributed by atoms with van der Waals surface area (Å²) in [6.45, 7) is 0. The van der Waals surface area contributed by atoms with Gasteiger partial charge >= 0.3 is 0 Å². The molecule has 1 atom stereocenters. The zero-order valence-electron chi connectivity index (χ0n) is 28.0. The highest BCUT2D eigenvalue weighted by atomic mass is 16.3. The van der Waals surface area contributed by atoms with Crippen LogP contribution in [-0.2, 0) is 0 Å². The first-order chi connectivity index (χ1) is 25.3. The average molecular weight is 655 g/mol. The number of hydrogen-bond acceptors (Lipinski definition) is 2. The number of anilines is 2. The SMILES string of the molecule is C1=CC(N(c2ccc(-c3ccccc3-n3c4ccccc4c4ccccc43)cc2)c2ccc3oc4ccccc4c3c2)CC=C1c1ccccc1. The number of fused-ring (bicyclic) bond motifs is 6. The van der Waals surface area contributed by atoms with Gasteiger partial charge in [0, 0.05) is 38.5 Å². The van der Waals surface area contributed by atoms with Crippen molar-refractivity contribution in [3.05, 3.63) is 194 Å². The molecule has 3 heteroatoms.